The fourth-order valence-corrected chi connectivity index (χ4v) is 4.25. The number of benzene rings is 2. The smallest absolute Gasteiger partial charge is 0.411 e. The number of anilines is 2. The van der Waals surface area contributed by atoms with E-state index in [1.807, 2.05) is 17.9 Å². The van der Waals surface area contributed by atoms with Crippen LogP contribution in [-0.2, 0) is 6.61 Å². The van der Waals surface area contributed by atoms with Gasteiger partial charge in [-0.25, -0.2) is 9.18 Å². The highest BCUT2D eigenvalue weighted by Crippen LogP contribution is 2.27. The summed E-state index contributed by atoms with van der Waals surface area (Å²) in [6, 6.07) is 9.98. The van der Waals surface area contributed by atoms with Gasteiger partial charge in [0.15, 0.2) is 0 Å². The molecule has 1 atom stereocenters. The highest BCUT2D eigenvalue weighted by atomic mass is 32.1. The average Bonchev–Trinajstić information content (AvgIpc) is 2.86. The van der Waals surface area contributed by atoms with E-state index in [1.165, 1.54) is 6.07 Å². The molecule has 188 valence electrons. The van der Waals surface area contributed by atoms with Gasteiger partial charge in [-0.3, -0.25) is 9.80 Å². The molecule has 1 unspecified atom stereocenters. The SMILES string of the molecule is [B]c1c(CO)cccc1OCCCN1CCN(c2ccc(N(CC(S)CC)C(=O)O)cc2F)CC1. The van der Waals surface area contributed by atoms with E-state index in [-0.39, 0.29) is 18.4 Å². The lowest BCUT2D eigenvalue weighted by Gasteiger charge is -2.36. The van der Waals surface area contributed by atoms with Crippen molar-refractivity contribution in [2.24, 2.45) is 0 Å². The number of ether oxygens (including phenoxy) is 1. The zero-order valence-electron chi connectivity index (χ0n) is 20.1. The van der Waals surface area contributed by atoms with Gasteiger partial charge in [-0.15, -0.1) is 0 Å². The Morgan fingerprint density at radius 1 is 1.26 bits per heavy atom. The molecular formula is C25H33BFN3O4S. The molecule has 0 saturated carbocycles. The van der Waals surface area contributed by atoms with Gasteiger partial charge in [0.1, 0.15) is 19.4 Å². The van der Waals surface area contributed by atoms with E-state index in [1.54, 1.807) is 24.3 Å². The molecular weight excluding hydrogens is 468 g/mol. The number of rotatable bonds is 11. The van der Waals surface area contributed by atoms with Gasteiger partial charge in [-0.2, -0.15) is 12.6 Å². The normalized spacial score (nSPS) is 15.1. The summed E-state index contributed by atoms with van der Waals surface area (Å²) in [4.78, 5) is 17.1. The lowest BCUT2D eigenvalue weighted by atomic mass is 9.90. The van der Waals surface area contributed by atoms with Gasteiger partial charge in [0.05, 0.1) is 24.6 Å². The predicted molar refractivity (Wildman–Crippen MR) is 141 cm³/mol. The van der Waals surface area contributed by atoms with Crippen LogP contribution in [0.4, 0.5) is 20.6 Å². The second-order valence-electron chi connectivity index (χ2n) is 8.61. The maximum atomic E-state index is 14.9. The van der Waals surface area contributed by atoms with Crippen molar-refractivity contribution in [1.82, 2.24) is 4.90 Å². The Morgan fingerprint density at radius 3 is 2.63 bits per heavy atom. The Bertz CT molecular complexity index is 991. The number of aliphatic hydroxyl groups excluding tert-OH is 1. The first-order chi connectivity index (χ1) is 16.8. The van der Waals surface area contributed by atoms with E-state index >= 15 is 0 Å². The van der Waals surface area contributed by atoms with Crippen molar-refractivity contribution in [3.05, 3.63) is 47.8 Å². The van der Waals surface area contributed by atoms with E-state index in [2.05, 4.69) is 17.5 Å². The number of thiol groups is 1. The van der Waals surface area contributed by atoms with Crippen LogP contribution in [0.2, 0.25) is 0 Å². The van der Waals surface area contributed by atoms with Gasteiger partial charge in [-0.1, -0.05) is 24.5 Å². The van der Waals surface area contributed by atoms with Gasteiger partial charge in [0.25, 0.3) is 0 Å². The Hall–Kier alpha value is -2.43. The minimum absolute atomic E-state index is 0.115. The van der Waals surface area contributed by atoms with Crippen LogP contribution >= 0.6 is 12.6 Å². The summed E-state index contributed by atoms with van der Waals surface area (Å²) in [5, 5.41) is 18.7. The van der Waals surface area contributed by atoms with E-state index in [0.717, 1.165) is 37.4 Å². The second-order valence-corrected chi connectivity index (χ2v) is 9.34. The van der Waals surface area contributed by atoms with Crippen LogP contribution in [0.3, 0.4) is 0 Å². The quantitative estimate of drug-likeness (QED) is 0.250. The summed E-state index contributed by atoms with van der Waals surface area (Å²) in [5.41, 5.74) is 1.93. The van der Waals surface area contributed by atoms with Crippen molar-refractivity contribution in [3.8, 4) is 5.75 Å². The minimum Gasteiger partial charge on any atom is -0.494 e. The molecule has 3 rings (SSSR count). The van der Waals surface area contributed by atoms with E-state index < -0.39 is 11.9 Å². The van der Waals surface area contributed by atoms with Crippen molar-refractivity contribution in [2.45, 2.75) is 31.6 Å². The Morgan fingerprint density at radius 2 is 2.00 bits per heavy atom. The number of aliphatic hydroxyl groups is 1. The molecule has 1 fully saturated rings. The molecule has 0 aromatic heterocycles. The summed E-state index contributed by atoms with van der Waals surface area (Å²) in [6.45, 7) is 6.33. The van der Waals surface area contributed by atoms with E-state index in [4.69, 9.17) is 12.6 Å². The van der Waals surface area contributed by atoms with Crippen molar-refractivity contribution in [3.63, 3.8) is 0 Å². The van der Waals surface area contributed by atoms with Gasteiger partial charge >= 0.3 is 6.09 Å². The molecule has 1 aliphatic heterocycles. The summed E-state index contributed by atoms with van der Waals surface area (Å²) in [6.07, 6.45) is 0.418. The van der Waals surface area contributed by atoms with Gasteiger partial charge in [0.2, 0.25) is 0 Å². The highest BCUT2D eigenvalue weighted by molar-refractivity contribution is 7.81. The fraction of sp³-hybridized carbons (Fsp3) is 0.480. The lowest BCUT2D eigenvalue weighted by Crippen LogP contribution is -2.47. The van der Waals surface area contributed by atoms with Gasteiger partial charge < -0.3 is 19.8 Å². The number of hydrogen-bond acceptors (Lipinski definition) is 6. The Balaban J connectivity index is 1.48. The average molecular weight is 501 g/mol. The molecule has 0 spiro atoms. The zero-order chi connectivity index (χ0) is 25.4. The number of amides is 1. The molecule has 1 amide bonds. The number of halogens is 1. The molecule has 7 nitrogen and oxygen atoms in total. The number of hydrogen-bond donors (Lipinski definition) is 3. The maximum absolute atomic E-state index is 14.9. The fourth-order valence-electron chi connectivity index (χ4n) is 4.09. The van der Waals surface area contributed by atoms with Crippen molar-refractivity contribution in [1.29, 1.82) is 0 Å². The molecule has 2 aromatic carbocycles. The molecule has 2 aromatic rings. The van der Waals surface area contributed by atoms with E-state index in [0.29, 0.717) is 47.8 Å². The Kier molecular flexibility index (Phi) is 10.1. The van der Waals surface area contributed by atoms with Crippen molar-refractivity contribution < 1.29 is 24.1 Å². The largest absolute Gasteiger partial charge is 0.494 e. The summed E-state index contributed by atoms with van der Waals surface area (Å²) in [5.74, 6) is 0.159. The van der Waals surface area contributed by atoms with Crippen LogP contribution in [0.5, 0.6) is 5.75 Å². The van der Waals surface area contributed by atoms with Crippen molar-refractivity contribution >= 4 is 43.4 Å². The first-order valence-electron chi connectivity index (χ1n) is 11.9. The molecule has 0 aliphatic carbocycles. The first-order valence-corrected chi connectivity index (χ1v) is 12.4. The monoisotopic (exact) mass is 501 g/mol. The third-order valence-corrected chi connectivity index (χ3v) is 6.78. The number of piperazine rings is 1. The molecule has 0 bridgehead atoms. The van der Waals surface area contributed by atoms with Crippen LogP contribution < -0.4 is 20.0 Å². The van der Waals surface area contributed by atoms with Crippen molar-refractivity contribution in [2.75, 3.05) is 55.7 Å². The standard InChI is InChI=1S/C25H33BFN3O4S/c1-2-20(35)16-30(25(32)33)19-7-8-22(21(27)15-19)29-12-10-28(11-13-29)9-4-14-34-23-6-3-5-18(17-31)24(23)26/h3,5-8,15,20,31,35H,2,4,9-14,16-17H2,1H3,(H,32,33). The number of carbonyl (C=O) groups is 1. The van der Waals surface area contributed by atoms with Crippen LogP contribution in [0.1, 0.15) is 25.3 Å². The van der Waals surface area contributed by atoms with Crippen LogP contribution in [0.15, 0.2) is 36.4 Å². The lowest BCUT2D eigenvalue weighted by molar-refractivity contribution is 0.201. The molecule has 1 saturated heterocycles. The van der Waals surface area contributed by atoms with Gasteiger partial charge in [-0.05, 0) is 42.7 Å². The number of nitrogens with zero attached hydrogens (tertiary/aromatic N) is 3. The second kappa shape index (κ2) is 13.0. The first kappa shape index (κ1) is 27.2. The summed E-state index contributed by atoms with van der Waals surface area (Å²) >= 11 is 4.38. The highest BCUT2D eigenvalue weighted by Gasteiger charge is 2.22. The predicted octanol–water partition coefficient (Wildman–Crippen LogP) is 2.90. The Labute approximate surface area is 213 Å². The molecule has 1 aliphatic rings. The zero-order valence-corrected chi connectivity index (χ0v) is 21.0. The molecule has 35 heavy (non-hydrogen) atoms. The minimum atomic E-state index is -1.12. The van der Waals surface area contributed by atoms with Crippen LogP contribution in [0.25, 0.3) is 0 Å². The van der Waals surface area contributed by atoms with E-state index in [9.17, 15) is 19.4 Å². The van der Waals surface area contributed by atoms with Gasteiger partial charge in [0, 0.05) is 44.5 Å². The number of carboxylic acid groups (broad SMARTS) is 1. The molecule has 2 N–H and O–H groups in total. The van der Waals surface area contributed by atoms with Crippen LogP contribution in [0, 0.1) is 5.82 Å². The third-order valence-electron chi connectivity index (χ3n) is 6.25. The maximum Gasteiger partial charge on any atom is 0.411 e. The molecule has 10 heteroatoms. The van der Waals surface area contributed by atoms with Crippen LogP contribution in [-0.4, -0.2) is 80.2 Å². The summed E-state index contributed by atoms with van der Waals surface area (Å²) < 4.78 is 20.7. The molecule has 1 heterocycles. The molecule has 2 radical (unpaired) electrons. The third kappa shape index (κ3) is 7.28. The topological polar surface area (TPSA) is 76.5 Å². The summed E-state index contributed by atoms with van der Waals surface area (Å²) in [7, 11) is 6.00.